The van der Waals surface area contributed by atoms with Crippen LogP contribution >= 0.6 is 23.8 Å². The average molecular weight is 548 g/mol. The standard InChI is InChI=1S/C20H23BrNO10P/c1-28-17-11-16(21)18(29-2)10-14(17)7-8-22-20(24)31-12-30-19(23)9-13-3-5-15(6-4-13)32-33(25,26)27/h3-6,10-11H,7-9,12H2,1-2H3,(H,22,24)(H2,25,26,27). The van der Waals surface area contributed by atoms with Gasteiger partial charge < -0.3 is 28.8 Å². The number of hydrogen-bond donors (Lipinski definition) is 3. The van der Waals surface area contributed by atoms with Gasteiger partial charge in [0.05, 0.1) is 25.1 Å². The summed E-state index contributed by atoms with van der Waals surface area (Å²) in [5, 5.41) is 2.54. The van der Waals surface area contributed by atoms with E-state index in [1.54, 1.807) is 19.2 Å². The van der Waals surface area contributed by atoms with Crippen molar-refractivity contribution in [1.29, 1.82) is 0 Å². The Morgan fingerprint density at radius 1 is 1.03 bits per heavy atom. The van der Waals surface area contributed by atoms with Gasteiger partial charge in [0.15, 0.2) is 0 Å². The molecule has 3 N–H and O–H groups in total. The number of carbonyl (C=O) groups excluding carboxylic acids is 2. The monoisotopic (exact) mass is 547 g/mol. The molecule has 180 valence electrons. The van der Waals surface area contributed by atoms with Crippen LogP contribution in [0.5, 0.6) is 17.2 Å². The van der Waals surface area contributed by atoms with E-state index in [0.29, 0.717) is 23.5 Å². The number of phosphoric ester groups is 1. The van der Waals surface area contributed by atoms with Crippen molar-refractivity contribution in [3.63, 3.8) is 0 Å². The largest absolute Gasteiger partial charge is 0.524 e. The Labute approximate surface area is 198 Å². The predicted molar refractivity (Wildman–Crippen MR) is 119 cm³/mol. The zero-order chi connectivity index (χ0) is 24.4. The molecule has 2 aromatic rings. The summed E-state index contributed by atoms with van der Waals surface area (Å²) in [6, 6.07) is 9.08. The molecule has 0 unspecified atom stereocenters. The van der Waals surface area contributed by atoms with Crippen LogP contribution < -0.4 is 19.3 Å². The van der Waals surface area contributed by atoms with E-state index in [0.717, 1.165) is 10.0 Å². The number of carbonyl (C=O) groups is 2. The Bertz CT molecular complexity index is 1010. The number of phosphoric acid groups is 1. The van der Waals surface area contributed by atoms with Gasteiger partial charge in [0, 0.05) is 6.54 Å². The summed E-state index contributed by atoms with van der Waals surface area (Å²) in [7, 11) is -1.57. The SMILES string of the molecule is COc1cc(CCNC(=O)OCOC(=O)Cc2ccc(OP(=O)(O)O)cc2)c(OC)cc1Br. The number of halogens is 1. The molecule has 0 atom stereocenters. The molecule has 0 aromatic heterocycles. The van der Waals surface area contributed by atoms with Crippen molar-refractivity contribution in [3.8, 4) is 17.2 Å². The van der Waals surface area contributed by atoms with Crippen LogP contribution in [-0.2, 0) is 31.7 Å². The molecule has 2 aromatic carbocycles. The first-order valence-electron chi connectivity index (χ1n) is 9.42. The molecule has 0 heterocycles. The first-order valence-corrected chi connectivity index (χ1v) is 11.7. The molecule has 0 spiro atoms. The molecule has 0 bridgehead atoms. The van der Waals surface area contributed by atoms with Crippen LogP contribution in [0.2, 0.25) is 0 Å². The molecule has 13 heteroatoms. The van der Waals surface area contributed by atoms with Crippen molar-refractivity contribution in [2.45, 2.75) is 12.8 Å². The normalized spacial score (nSPS) is 10.8. The van der Waals surface area contributed by atoms with Crippen LogP contribution in [0.15, 0.2) is 40.9 Å². The van der Waals surface area contributed by atoms with Crippen LogP contribution in [0, 0.1) is 0 Å². The highest BCUT2D eigenvalue weighted by Crippen LogP contribution is 2.37. The lowest BCUT2D eigenvalue weighted by atomic mass is 10.1. The lowest BCUT2D eigenvalue weighted by Gasteiger charge is -2.13. The third-order valence-electron chi connectivity index (χ3n) is 4.12. The summed E-state index contributed by atoms with van der Waals surface area (Å²) in [5.41, 5.74) is 1.34. The second-order valence-corrected chi connectivity index (χ2v) is 8.46. The topological polar surface area (TPSA) is 150 Å². The zero-order valence-electron chi connectivity index (χ0n) is 17.8. The van der Waals surface area contributed by atoms with E-state index in [2.05, 4.69) is 25.8 Å². The number of nitrogens with one attached hydrogen (secondary N) is 1. The van der Waals surface area contributed by atoms with E-state index in [1.165, 1.54) is 31.4 Å². The first-order chi connectivity index (χ1) is 15.6. The number of alkyl carbamates (subject to hydrolysis) is 1. The number of hydrogen-bond acceptors (Lipinski definition) is 8. The van der Waals surface area contributed by atoms with Crippen molar-refractivity contribution in [2.75, 3.05) is 27.6 Å². The lowest BCUT2D eigenvalue weighted by Crippen LogP contribution is -2.28. The maximum atomic E-state index is 11.8. The third-order valence-corrected chi connectivity index (χ3v) is 5.19. The molecule has 0 fully saturated rings. The van der Waals surface area contributed by atoms with Gasteiger partial charge in [0.25, 0.3) is 0 Å². The minimum atomic E-state index is -4.65. The number of ether oxygens (including phenoxy) is 4. The molecule has 0 aliphatic carbocycles. The molecule has 1 amide bonds. The third kappa shape index (κ3) is 9.30. The minimum absolute atomic E-state index is 0.0420. The fourth-order valence-corrected chi connectivity index (χ4v) is 3.52. The number of benzene rings is 2. The van der Waals surface area contributed by atoms with Gasteiger partial charge in [-0.3, -0.25) is 14.6 Å². The van der Waals surface area contributed by atoms with Gasteiger partial charge in [-0.05, 0) is 57.7 Å². The molecule has 0 aliphatic heterocycles. The maximum Gasteiger partial charge on any atom is 0.524 e. The van der Waals surface area contributed by atoms with Crippen molar-refractivity contribution < 1.29 is 47.4 Å². The molecule has 2 rings (SSSR count). The van der Waals surface area contributed by atoms with Gasteiger partial charge in [0.2, 0.25) is 6.79 Å². The van der Waals surface area contributed by atoms with Gasteiger partial charge in [0.1, 0.15) is 17.2 Å². The molecule has 0 aliphatic rings. The van der Waals surface area contributed by atoms with Crippen molar-refractivity contribution >= 4 is 35.8 Å². The highest BCUT2D eigenvalue weighted by molar-refractivity contribution is 9.10. The predicted octanol–water partition coefficient (Wildman–Crippen LogP) is 2.95. The molecular formula is C20H23BrNO10P. The molecule has 0 saturated carbocycles. The fraction of sp³-hybridized carbons (Fsp3) is 0.300. The maximum absolute atomic E-state index is 11.8. The number of rotatable bonds is 11. The van der Waals surface area contributed by atoms with Gasteiger partial charge in [-0.1, -0.05) is 12.1 Å². The average Bonchev–Trinajstić information content (AvgIpc) is 2.74. The summed E-state index contributed by atoms with van der Waals surface area (Å²) in [4.78, 5) is 41.1. The van der Waals surface area contributed by atoms with Crippen LogP contribution in [0.1, 0.15) is 11.1 Å². The Balaban J connectivity index is 1.71. The van der Waals surface area contributed by atoms with Crippen molar-refractivity contribution in [1.82, 2.24) is 5.32 Å². The number of amides is 1. The van der Waals surface area contributed by atoms with Crippen LogP contribution in [0.25, 0.3) is 0 Å². The molecule has 33 heavy (non-hydrogen) atoms. The quantitative estimate of drug-likeness (QED) is 0.217. The second-order valence-electron chi connectivity index (χ2n) is 6.44. The summed E-state index contributed by atoms with van der Waals surface area (Å²) in [6.45, 7) is -0.323. The summed E-state index contributed by atoms with van der Waals surface area (Å²) < 4.78 is 36.2. The highest BCUT2D eigenvalue weighted by atomic mass is 79.9. The molecule has 0 saturated heterocycles. The fourth-order valence-electron chi connectivity index (χ4n) is 2.64. The second kappa shape index (κ2) is 12.4. The minimum Gasteiger partial charge on any atom is -0.496 e. The van der Waals surface area contributed by atoms with E-state index >= 15 is 0 Å². The van der Waals surface area contributed by atoms with E-state index < -0.39 is 26.7 Å². The Morgan fingerprint density at radius 2 is 1.70 bits per heavy atom. The van der Waals surface area contributed by atoms with E-state index in [9.17, 15) is 14.2 Å². The highest BCUT2D eigenvalue weighted by Gasteiger charge is 2.16. The number of esters is 1. The molecule has 11 nitrogen and oxygen atoms in total. The number of methoxy groups -OCH3 is 2. The van der Waals surface area contributed by atoms with Gasteiger partial charge in [-0.25, -0.2) is 9.36 Å². The van der Waals surface area contributed by atoms with E-state index in [4.69, 9.17) is 28.7 Å². The van der Waals surface area contributed by atoms with Crippen LogP contribution in [0.3, 0.4) is 0 Å². The summed E-state index contributed by atoms with van der Waals surface area (Å²) in [5.74, 6) is 0.565. The summed E-state index contributed by atoms with van der Waals surface area (Å²) >= 11 is 3.38. The molecular weight excluding hydrogens is 525 g/mol. The zero-order valence-corrected chi connectivity index (χ0v) is 20.3. The lowest BCUT2D eigenvalue weighted by molar-refractivity contribution is -0.151. The van der Waals surface area contributed by atoms with Gasteiger partial charge >= 0.3 is 19.9 Å². The Kier molecular flexibility index (Phi) is 9.98. The smallest absolute Gasteiger partial charge is 0.496 e. The van der Waals surface area contributed by atoms with E-state index in [-0.39, 0.29) is 18.7 Å². The Morgan fingerprint density at radius 3 is 2.30 bits per heavy atom. The van der Waals surface area contributed by atoms with Crippen LogP contribution in [0.4, 0.5) is 4.79 Å². The van der Waals surface area contributed by atoms with Gasteiger partial charge in [-0.15, -0.1) is 0 Å². The summed E-state index contributed by atoms with van der Waals surface area (Å²) in [6.07, 6.45) is -0.444. The van der Waals surface area contributed by atoms with Crippen molar-refractivity contribution in [3.05, 3.63) is 52.0 Å². The van der Waals surface area contributed by atoms with Crippen LogP contribution in [-0.4, -0.2) is 49.4 Å². The molecule has 0 radical (unpaired) electrons. The van der Waals surface area contributed by atoms with E-state index in [1.807, 2.05) is 0 Å². The van der Waals surface area contributed by atoms with Crippen molar-refractivity contribution in [2.24, 2.45) is 0 Å². The van der Waals surface area contributed by atoms with Gasteiger partial charge in [-0.2, -0.15) is 0 Å². The first kappa shape index (κ1) is 26.5. The Hall–Kier alpha value is -2.79.